The van der Waals surface area contributed by atoms with Gasteiger partial charge in [-0.15, -0.1) is 0 Å². The predicted molar refractivity (Wildman–Crippen MR) is 78.6 cm³/mol. The van der Waals surface area contributed by atoms with Crippen LogP contribution in [0.5, 0.6) is 0 Å². The fourth-order valence-electron chi connectivity index (χ4n) is 3.01. The molecule has 8 heteroatoms. The fourth-order valence-corrected chi connectivity index (χ4v) is 4.59. The van der Waals surface area contributed by atoms with Crippen molar-refractivity contribution in [3.05, 3.63) is 0 Å². The van der Waals surface area contributed by atoms with Crippen LogP contribution in [0.2, 0.25) is 0 Å². The highest BCUT2D eigenvalue weighted by Crippen LogP contribution is 2.30. The highest BCUT2D eigenvalue weighted by Gasteiger charge is 2.40. The van der Waals surface area contributed by atoms with Gasteiger partial charge in [-0.1, -0.05) is 6.42 Å². The average Bonchev–Trinajstić information content (AvgIpc) is 2.46. The summed E-state index contributed by atoms with van der Waals surface area (Å²) in [6, 6.07) is -0.00420. The first-order valence-electron chi connectivity index (χ1n) is 7.51. The normalized spacial score (nSPS) is 27.4. The zero-order chi connectivity index (χ0) is 15.5. The quantitative estimate of drug-likeness (QED) is 0.743. The first-order valence-corrected chi connectivity index (χ1v) is 8.95. The molecule has 0 radical (unpaired) electrons. The highest BCUT2D eigenvalue weighted by molar-refractivity contribution is 7.87. The number of ether oxygens (including phenoxy) is 1. The van der Waals surface area contributed by atoms with Gasteiger partial charge in [0.2, 0.25) is 5.91 Å². The summed E-state index contributed by atoms with van der Waals surface area (Å²) in [6.45, 7) is 3.37. The maximum absolute atomic E-state index is 12.4. The average molecular weight is 319 g/mol. The third kappa shape index (κ3) is 3.74. The molecule has 0 spiro atoms. The van der Waals surface area contributed by atoms with Gasteiger partial charge in [0.1, 0.15) is 0 Å². The molecule has 0 bridgehead atoms. The number of carbonyl (C=O) groups is 1. The molecular formula is C13H25N3O4S. The van der Waals surface area contributed by atoms with E-state index in [1.54, 1.807) is 0 Å². The van der Waals surface area contributed by atoms with E-state index in [0.717, 1.165) is 19.3 Å². The Labute approximate surface area is 126 Å². The Morgan fingerprint density at radius 3 is 2.62 bits per heavy atom. The summed E-state index contributed by atoms with van der Waals surface area (Å²) in [5, 5.41) is 0. The summed E-state index contributed by atoms with van der Waals surface area (Å²) in [7, 11) is -3.57. The largest absolute Gasteiger partial charge is 0.381 e. The Hall–Kier alpha value is -0.700. The van der Waals surface area contributed by atoms with Crippen LogP contribution in [0.4, 0.5) is 0 Å². The van der Waals surface area contributed by atoms with E-state index < -0.39 is 21.5 Å². The third-order valence-electron chi connectivity index (χ3n) is 4.62. The minimum Gasteiger partial charge on any atom is -0.381 e. The number of hydrogen-bond acceptors (Lipinski definition) is 4. The van der Waals surface area contributed by atoms with E-state index in [9.17, 15) is 13.2 Å². The molecule has 2 heterocycles. The number of nitrogens with two attached hydrogens (primary N) is 1. The van der Waals surface area contributed by atoms with Gasteiger partial charge in [-0.3, -0.25) is 4.79 Å². The molecule has 3 N–H and O–H groups in total. The van der Waals surface area contributed by atoms with Crippen LogP contribution in [0.15, 0.2) is 0 Å². The molecule has 1 amide bonds. The van der Waals surface area contributed by atoms with Gasteiger partial charge in [-0.25, -0.2) is 4.72 Å². The molecule has 7 nitrogen and oxygen atoms in total. The summed E-state index contributed by atoms with van der Waals surface area (Å²) in [5.41, 5.74) is 4.67. The highest BCUT2D eigenvalue weighted by atomic mass is 32.2. The van der Waals surface area contributed by atoms with Crippen molar-refractivity contribution in [2.75, 3.05) is 26.3 Å². The maximum atomic E-state index is 12.4. The third-order valence-corrected chi connectivity index (χ3v) is 6.29. The van der Waals surface area contributed by atoms with Gasteiger partial charge in [0, 0.05) is 32.3 Å². The Balaban J connectivity index is 2.04. The monoisotopic (exact) mass is 319 g/mol. The van der Waals surface area contributed by atoms with E-state index in [0.29, 0.717) is 32.6 Å². The van der Waals surface area contributed by atoms with Crippen molar-refractivity contribution in [2.45, 2.75) is 45.1 Å². The van der Waals surface area contributed by atoms with Crippen molar-refractivity contribution in [1.29, 1.82) is 0 Å². The van der Waals surface area contributed by atoms with Gasteiger partial charge in [0.25, 0.3) is 10.2 Å². The zero-order valence-electron chi connectivity index (χ0n) is 12.5. The Bertz CT molecular complexity index is 474. The molecule has 0 aliphatic carbocycles. The maximum Gasteiger partial charge on any atom is 0.279 e. The first-order chi connectivity index (χ1) is 9.87. The molecule has 122 valence electrons. The molecule has 21 heavy (non-hydrogen) atoms. The SMILES string of the molecule is C[C@H]1CCCCN1S(=O)(=O)NCC1(C(N)=O)CCOCC1. The van der Waals surface area contributed by atoms with E-state index in [1.165, 1.54) is 4.31 Å². The van der Waals surface area contributed by atoms with E-state index >= 15 is 0 Å². The summed E-state index contributed by atoms with van der Waals surface area (Å²) >= 11 is 0. The molecule has 2 fully saturated rings. The van der Waals surface area contributed by atoms with Gasteiger partial charge in [0.15, 0.2) is 0 Å². The number of amides is 1. The van der Waals surface area contributed by atoms with Crippen molar-refractivity contribution in [3.8, 4) is 0 Å². The second-order valence-corrected chi connectivity index (χ2v) is 7.75. The molecule has 0 aromatic carbocycles. The molecule has 0 aromatic rings. The summed E-state index contributed by atoms with van der Waals surface area (Å²) in [6.07, 6.45) is 3.71. The van der Waals surface area contributed by atoms with E-state index in [2.05, 4.69) is 4.72 Å². The van der Waals surface area contributed by atoms with Crippen molar-refractivity contribution < 1.29 is 17.9 Å². The molecule has 2 aliphatic heterocycles. The molecular weight excluding hydrogens is 294 g/mol. The van der Waals surface area contributed by atoms with Crippen molar-refractivity contribution >= 4 is 16.1 Å². The second kappa shape index (κ2) is 6.60. The Kier molecular flexibility index (Phi) is 5.24. The molecule has 1 atom stereocenters. The van der Waals surface area contributed by atoms with E-state index in [1.807, 2.05) is 6.92 Å². The fraction of sp³-hybridized carbons (Fsp3) is 0.923. The smallest absolute Gasteiger partial charge is 0.279 e. The molecule has 0 unspecified atom stereocenters. The van der Waals surface area contributed by atoms with Gasteiger partial charge in [-0.2, -0.15) is 12.7 Å². The molecule has 0 aromatic heterocycles. The Morgan fingerprint density at radius 2 is 2.05 bits per heavy atom. The lowest BCUT2D eigenvalue weighted by molar-refractivity contribution is -0.132. The van der Waals surface area contributed by atoms with Crippen LogP contribution < -0.4 is 10.5 Å². The summed E-state index contributed by atoms with van der Waals surface area (Å²) < 4.78 is 34.2. The van der Waals surface area contributed by atoms with E-state index in [-0.39, 0.29) is 12.6 Å². The summed E-state index contributed by atoms with van der Waals surface area (Å²) in [4.78, 5) is 11.8. The number of nitrogens with zero attached hydrogens (tertiary/aromatic N) is 1. The molecule has 2 rings (SSSR count). The lowest BCUT2D eigenvalue weighted by Gasteiger charge is -2.36. The Morgan fingerprint density at radius 1 is 1.38 bits per heavy atom. The number of nitrogens with one attached hydrogen (secondary N) is 1. The first kappa shape index (κ1) is 16.7. The molecule has 2 saturated heterocycles. The summed E-state index contributed by atoms with van der Waals surface area (Å²) in [5.74, 6) is -0.458. The van der Waals surface area contributed by atoms with Gasteiger partial charge in [-0.05, 0) is 32.6 Å². The number of primary amides is 1. The number of rotatable bonds is 5. The van der Waals surface area contributed by atoms with E-state index in [4.69, 9.17) is 10.5 Å². The minimum absolute atomic E-state index is 0.00420. The molecule has 2 aliphatic rings. The molecule has 0 saturated carbocycles. The van der Waals surface area contributed by atoms with Crippen LogP contribution in [0.3, 0.4) is 0 Å². The van der Waals surface area contributed by atoms with Gasteiger partial charge in [0.05, 0.1) is 5.41 Å². The minimum atomic E-state index is -3.57. The number of piperidine rings is 1. The van der Waals surface area contributed by atoms with Crippen molar-refractivity contribution in [1.82, 2.24) is 9.03 Å². The topological polar surface area (TPSA) is 102 Å². The van der Waals surface area contributed by atoms with Crippen LogP contribution in [0.1, 0.15) is 39.0 Å². The van der Waals surface area contributed by atoms with Crippen LogP contribution in [-0.4, -0.2) is 51.0 Å². The van der Waals surface area contributed by atoms with Crippen molar-refractivity contribution in [2.24, 2.45) is 11.1 Å². The van der Waals surface area contributed by atoms with Crippen LogP contribution >= 0.6 is 0 Å². The lowest BCUT2D eigenvalue weighted by atomic mass is 9.80. The van der Waals surface area contributed by atoms with Gasteiger partial charge < -0.3 is 10.5 Å². The van der Waals surface area contributed by atoms with Crippen molar-refractivity contribution in [3.63, 3.8) is 0 Å². The van der Waals surface area contributed by atoms with Crippen LogP contribution in [0, 0.1) is 5.41 Å². The zero-order valence-corrected chi connectivity index (χ0v) is 13.3. The second-order valence-electron chi connectivity index (χ2n) is 6.04. The number of hydrogen-bond donors (Lipinski definition) is 2. The van der Waals surface area contributed by atoms with Crippen LogP contribution in [0.25, 0.3) is 0 Å². The predicted octanol–water partition coefficient (Wildman–Crippen LogP) is -0.0227. The number of carbonyl (C=O) groups excluding carboxylic acids is 1. The van der Waals surface area contributed by atoms with Gasteiger partial charge >= 0.3 is 0 Å². The standard InChI is InChI=1S/C13H25N3O4S/c1-11-4-2-3-7-16(11)21(18,19)15-10-13(12(14)17)5-8-20-9-6-13/h11,15H,2-10H2,1H3,(H2,14,17)/t11-/m0/s1. The lowest BCUT2D eigenvalue weighted by Crippen LogP contribution is -2.54. The van der Waals surface area contributed by atoms with Crippen LogP contribution in [-0.2, 0) is 19.7 Å².